The second kappa shape index (κ2) is 5.36. The molecule has 0 bridgehead atoms. The van der Waals surface area contributed by atoms with Crippen LogP contribution in [0.4, 0.5) is 4.39 Å². The Morgan fingerprint density at radius 3 is 2.72 bits per heavy atom. The van der Waals surface area contributed by atoms with Crippen LogP contribution in [0.5, 0.6) is 0 Å². The van der Waals surface area contributed by atoms with Gasteiger partial charge in [0.15, 0.2) is 0 Å². The van der Waals surface area contributed by atoms with Crippen molar-refractivity contribution in [1.29, 1.82) is 0 Å². The van der Waals surface area contributed by atoms with Gasteiger partial charge in [0, 0.05) is 24.7 Å². The number of halogens is 2. The number of hydrogen-bond acceptors (Lipinski definition) is 4. The molecule has 0 spiro atoms. The largest absolute Gasteiger partial charge is 0.389 e. The van der Waals surface area contributed by atoms with E-state index in [2.05, 4.69) is 10.2 Å². The van der Waals surface area contributed by atoms with Crippen molar-refractivity contribution >= 4 is 11.6 Å². The summed E-state index contributed by atoms with van der Waals surface area (Å²) in [5.74, 6) is 0.646. The van der Waals surface area contributed by atoms with E-state index < -0.39 is 0 Å². The van der Waals surface area contributed by atoms with E-state index in [-0.39, 0.29) is 17.4 Å². The fourth-order valence-electron chi connectivity index (χ4n) is 2.28. The molecule has 5 N–H and O–H groups in total. The molecule has 0 aromatic heterocycles. The van der Waals surface area contributed by atoms with Gasteiger partial charge in [-0.1, -0.05) is 11.6 Å². The third kappa shape index (κ3) is 3.29. The van der Waals surface area contributed by atoms with Crippen LogP contribution in [-0.2, 0) is 0 Å². The molecular weight excluding hydrogens is 255 g/mol. The van der Waals surface area contributed by atoms with E-state index in [9.17, 15) is 4.39 Å². The van der Waals surface area contributed by atoms with Crippen molar-refractivity contribution in [2.45, 2.75) is 30.8 Å². The van der Waals surface area contributed by atoms with Crippen LogP contribution in [0.1, 0.15) is 19.3 Å². The molecule has 0 aromatic carbocycles. The smallest absolute Gasteiger partial charge is 0.108 e. The van der Waals surface area contributed by atoms with Gasteiger partial charge in [-0.2, -0.15) is 0 Å². The summed E-state index contributed by atoms with van der Waals surface area (Å²) in [5, 5.41) is 3.61. The molecule has 1 aliphatic heterocycles. The zero-order valence-electron chi connectivity index (χ0n) is 10.3. The highest BCUT2D eigenvalue weighted by Gasteiger charge is 2.44. The van der Waals surface area contributed by atoms with Crippen LogP contribution >= 0.6 is 11.6 Å². The van der Waals surface area contributed by atoms with Gasteiger partial charge in [0.1, 0.15) is 6.67 Å². The van der Waals surface area contributed by atoms with Crippen LogP contribution < -0.4 is 16.8 Å². The first kappa shape index (κ1) is 13.5. The Morgan fingerprint density at radius 2 is 2.17 bits per heavy atom. The molecule has 0 radical (unpaired) electrons. The van der Waals surface area contributed by atoms with E-state index in [0.717, 1.165) is 32.4 Å². The Hall–Kier alpha value is -0.940. The number of nitrogens with zero attached hydrogens (tertiary/aromatic N) is 1. The highest BCUT2D eigenvalue weighted by Crippen LogP contribution is 2.37. The van der Waals surface area contributed by atoms with E-state index in [1.807, 2.05) is 0 Å². The van der Waals surface area contributed by atoms with Gasteiger partial charge in [-0.15, -0.1) is 0 Å². The third-order valence-electron chi connectivity index (χ3n) is 3.59. The number of hydrogen-bond donors (Lipinski definition) is 3. The Kier molecular flexibility index (Phi) is 4.02. The van der Waals surface area contributed by atoms with Gasteiger partial charge in [-0.3, -0.25) is 0 Å². The summed E-state index contributed by atoms with van der Waals surface area (Å²) in [7, 11) is 0. The van der Waals surface area contributed by atoms with E-state index in [1.54, 1.807) is 12.2 Å². The lowest BCUT2D eigenvalue weighted by molar-refractivity contribution is 0.319. The lowest BCUT2D eigenvalue weighted by Crippen LogP contribution is -2.43. The van der Waals surface area contributed by atoms with Crippen LogP contribution in [0.3, 0.4) is 0 Å². The topological polar surface area (TPSA) is 67.3 Å². The van der Waals surface area contributed by atoms with Crippen molar-refractivity contribution in [1.82, 2.24) is 10.2 Å². The van der Waals surface area contributed by atoms with E-state index in [0.29, 0.717) is 11.9 Å². The molecule has 0 amide bonds. The minimum atomic E-state index is -0.277. The molecule has 1 unspecified atom stereocenters. The lowest BCUT2D eigenvalue weighted by Gasteiger charge is -2.21. The van der Waals surface area contributed by atoms with E-state index in [4.69, 9.17) is 23.1 Å². The first-order valence-corrected chi connectivity index (χ1v) is 6.59. The highest BCUT2D eigenvalue weighted by atomic mass is 35.5. The van der Waals surface area contributed by atoms with Crippen LogP contribution in [-0.4, -0.2) is 36.2 Å². The van der Waals surface area contributed by atoms with E-state index in [1.165, 1.54) is 0 Å². The second-order valence-electron chi connectivity index (χ2n) is 5.13. The molecule has 1 saturated heterocycles. The zero-order chi connectivity index (χ0) is 13.2. The minimum absolute atomic E-state index is 0.209. The summed E-state index contributed by atoms with van der Waals surface area (Å²) in [5.41, 5.74) is 11.0. The van der Waals surface area contributed by atoms with Gasteiger partial charge in [0.25, 0.3) is 0 Å². The van der Waals surface area contributed by atoms with Gasteiger partial charge >= 0.3 is 0 Å². The predicted molar refractivity (Wildman–Crippen MR) is 71.4 cm³/mol. The summed E-state index contributed by atoms with van der Waals surface area (Å²) in [6.07, 6.45) is 6.14. The molecule has 1 saturated carbocycles. The zero-order valence-corrected chi connectivity index (χ0v) is 11.1. The first-order chi connectivity index (χ1) is 8.54. The van der Waals surface area contributed by atoms with E-state index >= 15 is 0 Å². The third-order valence-corrected chi connectivity index (χ3v) is 3.71. The molecule has 2 aliphatic rings. The van der Waals surface area contributed by atoms with Gasteiger partial charge < -0.3 is 21.7 Å². The molecule has 6 heteroatoms. The SMILES string of the molecule is N/C(Cl)=C\C=C(/N)N1CCC(NC2(CF)CC2)C1. The number of rotatable bonds is 5. The summed E-state index contributed by atoms with van der Waals surface area (Å²) in [4.78, 5) is 2.06. The van der Waals surface area contributed by atoms with Crippen molar-refractivity contribution in [3.63, 3.8) is 0 Å². The summed E-state index contributed by atoms with van der Waals surface area (Å²) in [6.45, 7) is 1.40. The normalized spacial score (nSPS) is 27.7. The van der Waals surface area contributed by atoms with Gasteiger partial charge in [0.05, 0.1) is 11.0 Å². The first-order valence-electron chi connectivity index (χ1n) is 6.22. The molecule has 4 nitrogen and oxygen atoms in total. The van der Waals surface area contributed by atoms with Gasteiger partial charge in [0.2, 0.25) is 0 Å². The van der Waals surface area contributed by atoms with Crippen LogP contribution in [0.15, 0.2) is 23.1 Å². The number of nitrogens with two attached hydrogens (primary N) is 2. The number of nitrogens with one attached hydrogen (secondary N) is 1. The maximum Gasteiger partial charge on any atom is 0.108 e. The molecule has 102 valence electrons. The molecular formula is C12H20ClFN4. The van der Waals surface area contributed by atoms with Gasteiger partial charge in [-0.05, 0) is 31.4 Å². The molecule has 1 aliphatic carbocycles. The summed E-state index contributed by atoms with van der Waals surface area (Å²) >= 11 is 5.54. The van der Waals surface area contributed by atoms with Crippen LogP contribution in [0, 0.1) is 0 Å². The molecule has 1 atom stereocenters. The Morgan fingerprint density at radius 1 is 1.44 bits per heavy atom. The Labute approximate surface area is 112 Å². The molecule has 1 heterocycles. The molecule has 0 aromatic rings. The van der Waals surface area contributed by atoms with Crippen LogP contribution in [0.2, 0.25) is 0 Å². The predicted octanol–water partition coefficient (Wildman–Crippen LogP) is 0.991. The Balaban J connectivity index is 1.84. The lowest BCUT2D eigenvalue weighted by atomic mass is 10.2. The average Bonchev–Trinajstić information content (AvgIpc) is 2.95. The fourth-order valence-corrected chi connectivity index (χ4v) is 2.35. The second-order valence-corrected chi connectivity index (χ2v) is 5.57. The summed E-state index contributed by atoms with van der Waals surface area (Å²) in [6, 6.07) is 0.313. The summed E-state index contributed by atoms with van der Waals surface area (Å²) < 4.78 is 12.8. The van der Waals surface area contributed by atoms with Crippen LogP contribution in [0.25, 0.3) is 0 Å². The molecule has 18 heavy (non-hydrogen) atoms. The van der Waals surface area contributed by atoms with Crippen molar-refractivity contribution < 1.29 is 4.39 Å². The maximum atomic E-state index is 12.8. The fraction of sp³-hybridized carbons (Fsp3) is 0.667. The maximum absolute atomic E-state index is 12.8. The Bertz CT molecular complexity index is 361. The van der Waals surface area contributed by atoms with Crippen molar-refractivity contribution in [2.75, 3.05) is 19.8 Å². The highest BCUT2D eigenvalue weighted by molar-refractivity contribution is 6.29. The monoisotopic (exact) mass is 274 g/mol. The van der Waals surface area contributed by atoms with Gasteiger partial charge in [-0.25, -0.2) is 4.39 Å². The van der Waals surface area contributed by atoms with Crippen molar-refractivity contribution in [3.05, 3.63) is 23.1 Å². The number of likely N-dealkylation sites (tertiary alicyclic amines) is 1. The molecule has 2 rings (SSSR count). The molecule has 2 fully saturated rings. The number of alkyl halides is 1. The minimum Gasteiger partial charge on any atom is -0.389 e. The number of allylic oxidation sites excluding steroid dienone is 2. The van der Waals surface area contributed by atoms with Crippen molar-refractivity contribution in [3.8, 4) is 0 Å². The average molecular weight is 275 g/mol. The van der Waals surface area contributed by atoms with Crippen molar-refractivity contribution in [2.24, 2.45) is 11.5 Å². The quantitative estimate of drug-likeness (QED) is 0.517. The standard InChI is InChI=1S/C12H20ClFN4/c13-10(15)1-2-11(16)18-6-3-9(7-18)17-12(8-14)4-5-12/h1-2,9,17H,3-8,15-16H2/b10-1-,11-2+.